The topological polar surface area (TPSA) is 69.8 Å². The van der Waals surface area contributed by atoms with Gasteiger partial charge in [-0.1, -0.05) is 12.1 Å². The lowest BCUT2D eigenvalue weighted by molar-refractivity contribution is 0.240. The lowest BCUT2D eigenvalue weighted by Gasteiger charge is -2.05. The molecule has 0 aliphatic heterocycles. The molecule has 1 aromatic heterocycles. The molecule has 1 aromatic carbocycles. The fourth-order valence-corrected chi connectivity index (χ4v) is 2.05. The van der Waals surface area contributed by atoms with Crippen LogP contribution in [-0.4, -0.2) is 28.6 Å². The van der Waals surface area contributed by atoms with E-state index in [2.05, 4.69) is 20.6 Å². The van der Waals surface area contributed by atoms with Crippen molar-refractivity contribution < 1.29 is 4.79 Å². The van der Waals surface area contributed by atoms with Crippen molar-refractivity contribution in [1.29, 1.82) is 0 Å². The molecule has 0 unspecified atom stereocenters. The molecule has 2 amide bonds. The summed E-state index contributed by atoms with van der Waals surface area (Å²) < 4.78 is 0. The van der Waals surface area contributed by atoms with Crippen molar-refractivity contribution in [3.63, 3.8) is 0 Å². The van der Waals surface area contributed by atoms with Crippen LogP contribution in [0.15, 0.2) is 24.3 Å². The fourth-order valence-electron chi connectivity index (χ4n) is 2.05. The number of amides is 2. The predicted octanol–water partition coefficient (Wildman–Crippen LogP) is 1.96. The number of carbonyl (C=O) groups is 1. The second-order valence-corrected chi connectivity index (χ2v) is 4.98. The monoisotopic (exact) mass is 258 g/mol. The van der Waals surface area contributed by atoms with E-state index in [0.29, 0.717) is 12.6 Å². The lowest BCUT2D eigenvalue weighted by atomic mass is 10.3. The Balaban J connectivity index is 1.42. The predicted molar refractivity (Wildman–Crippen MR) is 74.0 cm³/mol. The van der Waals surface area contributed by atoms with E-state index >= 15 is 0 Å². The summed E-state index contributed by atoms with van der Waals surface area (Å²) in [6.07, 6.45) is 3.97. The van der Waals surface area contributed by atoms with Crippen LogP contribution in [-0.2, 0) is 6.42 Å². The Morgan fingerprint density at radius 2 is 2.21 bits per heavy atom. The Hall–Kier alpha value is -2.04. The number of urea groups is 1. The number of hydrogen-bond donors (Lipinski definition) is 3. The van der Waals surface area contributed by atoms with Gasteiger partial charge in [-0.3, -0.25) is 0 Å². The van der Waals surface area contributed by atoms with Gasteiger partial charge in [0.1, 0.15) is 5.82 Å². The normalized spacial score (nSPS) is 14.5. The zero-order chi connectivity index (χ0) is 13.1. The third kappa shape index (κ3) is 3.24. The molecular weight excluding hydrogens is 240 g/mol. The highest BCUT2D eigenvalue weighted by atomic mass is 16.2. The highest BCUT2D eigenvalue weighted by molar-refractivity contribution is 5.75. The first-order valence-corrected chi connectivity index (χ1v) is 6.79. The molecule has 1 heterocycles. The van der Waals surface area contributed by atoms with Crippen molar-refractivity contribution in [2.45, 2.75) is 31.7 Å². The van der Waals surface area contributed by atoms with Crippen molar-refractivity contribution >= 4 is 17.1 Å². The molecule has 0 atom stereocenters. The van der Waals surface area contributed by atoms with E-state index in [1.54, 1.807) is 0 Å². The molecule has 5 nitrogen and oxygen atoms in total. The quantitative estimate of drug-likeness (QED) is 0.717. The van der Waals surface area contributed by atoms with Crippen LogP contribution in [0.1, 0.15) is 25.1 Å². The standard InChI is InChI=1S/C14H18N4O/c19-14(16-10-7-8-10)15-9-3-6-13-17-11-4-1-2-5-12(11)18-13/h1-2,4-5,10H,3,6-9H2,(H,17,18)(H2,15,16,19). The van der Waals surface area contributed by atoms with Gasteiger partial charge in [-0.25, -0.2) is 9.78 Å². The lowest BCUT2D eigenvalue weighted by Crippen LogP contribution is -2.37. The summed E-state index contributed by atoms with van der Waals surface area (Å²) in [6.45, 7) is 0.676. The van der Waals surface area contributed by atoms with Gasteiger partial charge in [0.05, 0.1) is 11.0 Å². The molecule has 1 aliphatic rings. The molecule has 19 heavy (non-hydrogen) atoms. The molecule has 3 N–H and O–H groups in total. The first-order valence-electron chi connectivity index (χ1n) is 6.79. The van der Waals surface area contributed by atoms with Gasteiger partial charge in [-0.15, -0.1) is 0 Å². The minimum absolute atomic E-state index is 0.0490. The van der Waals surface area contributed by atoms with Gasteiger partial charge < -0.3 is 15.6 Å². The van der Waals surface area contributed by atoms with E-state index in [1.807, 2.05) is 24.3 Å². The summed E-state index contributed by atoms with van der Waals surface area (Å²) in [4.78, 5) is 19.2. The van der Waals surface area contributed by atoms with E-state index in [4.69, 9.17) is 0 Å². The summed E-state index contributed by atoms with van der Waals surface area (Å²) in [5.41, 5.74) is 2.06. The number of aromatic nitrogens is 2. The zero-order valence-corrected chi connectivity index (χ0v) is 10.8. The number of fused-ring (bicyclic) bond motifs is 1. The van der Waals surface area contributed by atoms with Crippen LogP contribution < -0.4 is 10.6 Å². The molecule has 0 spiro atoms. The van der Waals surface area contributed by atoms with Crippen LogP contribution in [0, 0.1) is 0 Å². The molecule has 0 saturated heterocycles. The molecule has 1 fully saturated rings. The van der Waals surface area contributed by atoms with Crippen LogP contribution in [0.4, 0.5) is 4.79 Å². The number of hydrogen-bond acceptors (Lipinski definition) is 2. The van der Waals surface area contributed by atoms with Crippen LogP contribution >= 0.6 is 0 Å². The second kappa shape index (κ2) is 5.30. The highest BCUT2D eigenvalue weighted by Gasteiger charge is 2.22. The molecule has 0 radical (unpaired) electrons. The summed E-state index contributed by atoms with van der Waals surface area (Å²) in [7, 11) is 0. The van der Waals surface area contributed by atoms with Crippen LogP contribution in [0.3, 0.4) is 0 Å². The van der Waals surface area contributed by atoms with Crippen LogP contribution in [0.5, 0.6) is 0 Å². The van der Waals surface area contributed by atoms with Crippen molar-refractivity contribution in [2.24, 2.45) is 0 Å². The minimum Gasteiger partial charge on any atom is -0.342 e. The van der Waals surface area contributed by atoms with E-state index in [-0.39, 0.29) is 6.03 Å². The molecule has 2 aromatic rings. The molecule has 3 rings (SSSR count). The highest BCUT2D eigenvalue weighted by Crippen LogP contribution is 2.18. The summed E-state index contributed by atoms with van der Waals surface area (Å²) in [5.74, 6) is 0.977. The van der Waals surface area contributed by atoms with Gasteiger partial charge in [0.2, 0.25) is 0 Å². The van der Waals surface area contributed by atoms with Gasteiger partial charge in [0.15, 0.2) is 0 Å². The Morgan fingerprint density at radius 3 is 3.00 bits per heavy atom. The zero-order valence-electron chi connectivity index (χ0n) is 10.8. The number of rotatable bonds is 5. The van der Waals surface area contributed by atoms with Crippen LogP contribution in [0.25, 0.3) is 11.0 Å². The van der Waals surface area contributed by atoms with E-state index in [1.165, 1.54) is 0 Å². The summed E-state index contributed by atoms with van der Waals surface area (Å²) >= 11 is 0. The first kappa shape index (κ1) is 12.0. The fraction of sp³-hybridized carbons (Fsp3) is 0.429. The number of H-pyrrole nitrogens is 1. The molecular formula is C14H18N4O. The van der Waals surface area contributed by atoms with Gasteiger partial charge >= 0.3 is 6.03 Å². The maximum absolute atomic E-state index is 11.4. The maximum Gasteiger partial charge on any atom is 0.315 e. The number of carbonyl (C=O) groups excluding carboxylic acids is 1. The second-order valence-electron chi connectivity index (χ2n) is 4.98. The van der Waals surface area contributed by atoms with Crippen molar-refractivity contribution in [2.75, 3.05) is 6.54 Å². The van der Waals surface area contributed by atoms with E-state index in [9.17, 15) is 4.79 Å². The summed E-state index contributed by atoms with van der Waals surface area (Å²) in [5, 5.41) is 5.77. The van der Waals surface area contributed by atoms with E-state index in [0.717, 1.165) is 42.5 Å². The van der Waals surface area contributed by atoms with Gasteiger partial charge in [-0.05, 0) is 31.4 Å². The number of nitrogens with zero attached hydrogens (tertiary/aromatic N) is 1. The van der Waals surface area contributed by atoms with Gasteiger partial charge in [0, 0.05) is 19.0 Å². The molecule has 1 saturated carbocycles. The Kier molecular flexibility index (Phi) is 3.35. The third-order valence-corrected chi connectivity index (χ3v) is 3.23. The number of para-hydroxylation sites is 2. The smallest absolute Gasteiger partial charge is 0.315 e. The van der Waals surface area contributed by atoms with Crippen molar-refractivity contribution in [1.82, 2.24) is 20.6 Å². The van der Waals surface area contributed by atoms with Gasteiger partial charge in [-0.2, -0.15) is 0 Å². The largest absolute Gasteiger partial charge is 0.342 e. The molecule has 1 aliphatic carbocycles. The van der Waals surface area contributed by atoms with Crippen LogP contribution in [0.2, 0.25) is 0 Å². The Labute approximate surface area is 111 Å². The molecule has 100 valence electrons. The minimum atomic E-state index is -0.0490. The third-order valence-electron chi connectivity index (χ3n) is 3.23. The maximum atomic E-state index is 11.4. The number of benzene rings is 1. The average molecular weight is 258 g/mol. The van der Waals surface area contributed by atoms with Crippen molar-refractivity contribution in [3.05, 3.63) is 30.1 Å². The number of aryl methyl sites for hydroxylation is 1. The first-order chi connectivity index (χ1) is 9.31. The number of imidazole rings is 1. The van der Waals surface area contributed by atoms with E-state index < -0.39 is 0 Å². The molecule has 0 bridgehead atoms. The Morgan fingerprint density at radius 1 is 1.37 bits per heavy atom. The summed E-state index contributed by atoms with van der Waals surface area (Å²) in [6, 6.07) is 8.36. The molecule has 5 heteroatoms. The van der Waals surface area contributed by atoms with Gasteiger partial charge in [0.25, 0.3) is 0 Å². The average Bonchev–Trinajstić information content (AvgIpc) is 3.11. The number of nitrogens with one attached hydrogen (secondary N) is 3. The number of aromatic amines is 1. The van der Waals surface area contributed by atoms with Crippen molar-refractivity contribution in [3.8, 4) is 0 Å². The Bertz CT molecular complexity index is 541. The SMILES string of the molecule is O=C(NCCCc1nc2ccccc2[nH]1)NC1CC1.